The van der Waals surface area contributed by atoms with E-state index in [1.165, 1.54) is 4.88 Å². The van der Waals surface area contributed by atoms with Crippen LogP contribution in [0.5, 0.6) is 0 Å². The van der Waals surface area contributed by atoms with Gasteiger partial charge in [0.25, 0.3) is 0 Å². The second kappa shape index (κ2) is 6.45. The molecule has 0 saturated carbocycles. The van der Waals surface area contributed by atoms with E-state index in [-0.39, 0.29) is 0 Å². The standard InChI is InChI=1S/C12H17BrN4S/c1-14-10(11-12(13)15-16-17(11)2)7-3-5-9-6-4-8-18-9/h4,6,8,10,14H,3,5,7H2,1-2H3. The Hall–Kier alpha value is -0.720. The van der Waals surface area contributed by atoms with E-state index < -0.39 is 0 Å². The molecule has 2 rings (SSSR count). The number of aromatic nitrogens is 3. The van der Waals surface area contributed by atoms with Crippen molar-refractivity contribution in [2.45, 2.75) is 25.3 Å². The van der Waals surface area contributed by atoms with Gasteiger partial charge in [0.05, 0.1) is 11.7 Å². The first kappa shape index (κ1) is 13.7. The van der Waals surface area contributed by atoms with Gasteiger partial charge in [-0.3, -0.25) is 0 Å². The third-order valence-electron chi connectivity index (χ3n) is 3.00. The summed E-state index contributed by atoms with van der Waals surface area (Å²) in [5.41, 5.74) is 1.11. The van der Waals surface area contributed by atoms with Crippen LogP contribution in [0.2, 0.25) is 0 Å². The smallest absolute Gasteiger partial charge is 0.153 e. The molecule has 1 unspecified atom stereocenters. The molecule has 0 aromatic carbocycles. The fourth-order valence-electron chi connectivity index (χ4n) is 2.06. The van der Waals surface area contributed by atoms with Crippen molar-refractivity contribution < 1.29 is 0 Å². The second-order valence-corrected chi connectivity index (χ2v) is 5.99. The van der Waals surface area contributed by atoms with Crippen LogP contribution in [0.3, 0.4) is 0 Å². The normalized spacial score (nSPS) is 12.8. The zero-order chi connectivity index (χ0) is 13.0. The SMILES string of the molecule is CNC(CCCc1cccs1)c1c(Br)nnn1C. The van der Waals surface area contributed by atoms with Crippen molar-refractivity contribution in [3.8, 4) is 0 Å². The van der Waals surface area contributed by atoms with Crippen LogP contribution in [-0.2, 0) is 13.5 Å². The van der Waals surface area contributed by atoms with Gasteiger partial charge < -0.3 is 5.32 Å². The Bertz CT molecular complexity index is 461. The molecule has 0 bridgehead atoms. The van der Waals surface area contributed by atoms with Gasteiger partial charge in [-0.1, -0.05) is 11.3 Å². The van der Waals surface area contributed by atoms with Crippen LogP contribution in [0.1, 0.15) is 29.5 Å². The molecule has 1 atom stereocenters. The molecule has 4 nitrogen and oxygen atoms in total. The van der Waals surface area contributed by atoms with Crippen molar-refractivity contribution in [2.24, 2.45) is 7.05 Å². The highest BCUT2D eigenvalue weighted by atomic mass is 79.9. The summed E-state index contributed by atoms with van der Waals surface area (Å²) in [5, 5.41) is 13.5. The van der Waals surface area contributed by atoms with Crippen LogP contribution in [0, 0.1) is 0 Å². The summed E-state index contributed by atoms with van der Waals surface area (Å²) in [6.45, 7) is 0. The highest BCUT2D eigenvalue weighted by molar-refractivity contribution is 9.10. The van der Waals surface area contributed by atoms with E-state index in [4.69, 9.17) is 0 Å². The van der Waals surface area contributed by atoms with Crippen LogP contribution in [0.15, 0.2) is 22.1 Å². The van der Waals surface area contributed by atoms with Crippen LogP contribution in [-0.4, -0.2) is 22.0 Å². The minimum atomic E-state index is 0.291. The minimum Gasteiger partial charge on any atom is -0.312 e. The number of thiophene rings is 1. The minimum absolute atomic E-state index is 0.291. The maximum absolute atomic E-state index is 4.03. The Kier molecular flexibility index (Phi) is 4.91. The predicted octanol–water partition coefficient (Wildman–Crippen LogP) is 2.92. The molecule has 0 amide bonds. The van der Waals surface area contributed by atoms with Gasteiger partial charge in [-0.05, 0) is 53.7 Å². The Labute approximate surface area is 120 Å². The van der Waals surface area contributed by atoms with Gasteiger partial charge in [0, 0.05) is 11.9 Å². The van der Waals surface area contributed by atoms with Gasteiger partial charge in [-0.25, -0.2) is 4.68 Å². The first-order valence-electron chi connectivity index (χ1n) is 5.97. The lowest BCUT2D eigenvalue weighted by molar-refractivity contribution is 0.489. The quantitative estimate of drug-likeness (QED) is 0.886. The lowest BCUT2D eigenvalue weighted by Crippen LogP contribution is -2.20. The average molecular weight is 329 g/mol. The van der Waals surface area contributed by atoms with E-state index in [1.807, 2.05) is 30.1 Å². The molecule has 0 aliphatic heterocycles. The van der Waals surface area contributed by atoms with E-state index in [2.05, 4.69) is 49.1 Å². The molecule has 0 spiro atoms. The van der Waals surface area contributed by atoms with Crippen molar-refractivity contribution in [3.63, 3.8) is 0 Å². The predicted molar refractivity (Wildman–Crippen MR) is 77.8 cm³/mol. The number of rotatable bonds is 6. The zero-order valence-electron chi connectivity index (χ0n) is 10.6. The second-order valence-electron chi connectivity index (χ2n) is 4.20. The monoisotopic (exact) mass is 328 g/mol. The van der Waals surface area contributed by atoms with Crippen LogP contribution in [0.4, 0.5) is 0 Å². The summed E-state index contributed by atoms with van der Waals surface area (Å²) < 4.78 is 2.66. The van der Waals surface area contributed by atoms with Crippen LogP contribution >= 0.6 is 27.3 Å². The summed E-state index contributed by atoms with van der Waals surface area (Å²) in [5.74, 6) is 0. The first-order chi connectivity index (χ1) is 8.72. The molecule has 2 heterocycles. The molecule has 6 heteroatoms. The Morgan fingerprint density at radius 1 is 1.56 bits per heavy atom. The van der Waals surface area contributed by atoms with E-state index in [1.54, 1.807) is 0 Å². The van der Waals surface area contributed by atoms with Crippen LogP contribution in [0.25, 0.3) is 0 Å². The number of aryl methyl sites for hydroxylation is 2. The number of halogens is 1. The molecular weight excluding hydrogens is 312 g/mol. The maximum atomic E-state index is 4.03. The van der Waals surface area contributed by atoms with E-state index in [9.17, 15) is 0 Å². The summed E-state index contributed by atoms with van der Waals surface area (Å²) in [7, 11) is 3.91. The summed E-state index contributed by atoms with van der Waals surface area (Å²) >= 11 is 5.28. The molecule has 1 N–H and O–H groups in total. The lowest BCUT2D eigenvalue weighted by Gasteiger charge is -2.16. The summed E-state index contributed by atoms with van der Waals surface area (Å²) in [4.78, 5) is 1.45. The molecule has 0 saturated heterocycles. The van der Waals surface area contributed by atoms with Gasteiger partial charge in [0.15, 0.2) is 4.60 Å². The number of hydrogen-bond donors (Lipinski definition) is 1. The molecule has 18 heavy (non-hydrogen) atoms. The van der Waals surface area contributed by atoms with Crippen molar-refractivity contribution in [3.05, 3.63) is 32.7 Å². The fraction of sp³-hybridized carbons (Fsp3) is 0.500. The van der Waals surface area contributed by atoms with Crippen molar-refractivity contribution in [1.29, 1.82) is 0 Å². The number of hydrogen-bond acceptors (Lipinski definition) is 4. The fourth-order valence-corrected chi connectivity index (χ4v) is 3.42. The van der Waals surface area contributed by atoms with Gasteiger partial charge in [0.1, 0.15) is 0 Å². The average Bonchev–Trinajstić information content (AvgIpc) is 2.97. The first-order valence-corrected chi connectivity index (χ1v) is 7.64. The molecule has 0 fully saturated rings. The third kappa shape index (κ3) is 3.18. The molecule has 2 aromatic heterocycles. The number of nitrogens with zero attached hydrogens (tertiary/aromatic N) is 3. The molecule has 0 radical (unpaired) electrons. The molecule has 2 aromatic rings. The van der Waals surface area contributed by atoms with Gasteiger partial charge >= 0.3 is 0 Å². The summed E-state index contributed by atoms with van der Waals surface area (Å²) in [6.07, 6.45) is 3.37. The highest BCUT2D eigenvalue weighted by Gasteiger charge is 2.18. The highest BCUT2D eigenvalue weighted by Crippen LogP contribution is 2.25. The third-order valence-corrected chi connectivity index (χ3v) is 4.50. The van der Waals surface area contributed by atoms with Crippen molar-refractivity contribution >= 4 is 27.3 Å². The van der Waals surface area contributed by atoms with E-state index >= 15 is 0 Å². The molecule has 0 aliphatic carbocycles. The van der Waals surface area contributed by atoms with Gasteiger partial charge in [-0.2, -0.15) is 0 Å². The van der Waals surface area contributed by atoms with Gasteiger partial charge in [0.2, 0.25) is 0 Å². The van der Waals surface area contributed by atoms with Crippen LogP contribution < -0.4 is 5.32 Å². The Morgan fingerprint density at radius 2 is 2.39 bits per heavy atom. The van der Waals surface area contributed by atoms with E-state index in [0.29, 0.717) is 6.04 Å². The molecule has 98 valence electrons. The number of nitrogens with one attached hydrogen (secondary N) is 1. The van der Waals surface area contributed by atoms with E-state index in [0.717, 1.165) is 29.6 Å². The molecular formula is C12H17BrN4S. The van der Waals surface area contributed by atoms with Gasteiger partial charge in [-0.15, -0.1) is 16.4 Å². The lowest BCUT2D eigenvalue weighted by atomic mass is 10.1. The Balaban J connectivity index is 1.93. The Morgan fingerprint density at radius 3 is 2.94 bits per heavy atom. The summed E-state index contributed by atoms with van der Waals surface area (Å²) in [6, 6.07) is 4.59. The zero-order valence-corrected chi connectivity index (χ0v) is 13.0. The van der Waals surface area contributed by atoms with Crippen molar-refractivity contribution in [1.82, 2.24) is 20.3 Å². The largest absolute Gasteiger partial charge is 0.312 e. The van der Waals surface area contributed by atoms with Crippen molar-refractivity contribution in [2.75, 3.05) is 7.05 Å². The molecule has 0 aliphatic rings. The topological polar surface area (TPSA) is 42.7 Å². The maximum Gasteiger partial charge on any atom is 0.153 e.